The average molecular weight is 1180 g/mol. The van der Waals surface area contributed by atoms with Crippen molar-refractivity contribution in [2.45, 2.75) is 449 Å². The Morgan fingerprint density at radius 3 is 0.750 bits per heavy atom. The van der Waals surface area contributed by atoms with Crippen LogP contribution < -0.4 is 5.32 Å². The van der Waals surface area contributed by atoms with Crippen LogP contribution in [0.25, 0.3) is 0 Å². The summed E-state index contributed by atoms with van der Waals surface area (Å²) in [6.45, 7) is 4.10. The SMILES string of the molecule is CCCCCCCCCCCCCCCCCC/C=C\CCCCCCCCCCCCCCCCCCC(O)C(=O)NC(CO)C(O)C(O)CCC/C=C/CC/C=C/CCCCCCCCCCCCCCCCCCCCCCCCC. The van der Waals surface area contributed by atoms with Gasteiger partial charge in [-0.3, -0.25) is 4.79 Å². The highest BCUT2D eigenvalue weighted by Gasteiger charge is 2.28. The van der Waals surface area contributed by atoms with Crippen LogP contribution in [0.1, 0.15) is 425 Å². The first-order valence-corrected chi connectivity index (χ1v) is 38.4. The first-order chi connectivity index (χ1) is 41.5. The molecule has 0 aliphatic carbocycles. The van der Waals surface area contributed by atoms with Gasteiger partial charge < -0.3 is 25.7 Å². The quantitative estimate of drug-likeness (QED) is 0.0308. The van der Waals surface area contributed by atoms with Crippen LogP contribution in [0, 0.1) is 0 Å². The molecule has 0 spiro atoms. The molecule has 4 unspecified atom stereocenters. The number of aliphatic hydroxyl groups is 4. The monoisotopic (exact) mass is 1180 g/mol. The Labute approximate surface area is 526 Å². The van der Waals surface area contributed by atoms with E-state index in [2.05, 4.69) is 55.6 Å². The molecule has 6 nitrogen and oxygen atoms in total. The molecule has 0 saturated carbocycles. The molecule has 1 amide bonds. The maximum absolute atomic E-state index is 12.7. The zero-order valence-electron chi connectivity index (χ0n) is 56.9. The second-order valence-corrected chi connectivity index (χ2v) is 26.7. The van der Waals surface area contributed by atoms with Gasteiger partial charge in [-0.25, -0.2) is 0 Å². The molecule has 5 N–H and O–H groups in total. The van der Waals surface area contributed by atoms with E-state index in [0.717, 1.165) is 38.5 Å². The number of carbonyl (C=O) groups is 1. The van der Waals surface area contributed by atoms with Gasteiger partial charge in [-0.2, -0.15) is 0 Å². The minimum absolute atomic E-state index is 0.363. The van der Waals surface area contributed by atoms with E-state index in [1.807, 2.05) is 0 Å². The number of unbranched alkanes of at least 4 members (excludes halogenated alkanes) is 57. The molecular formula is C78H151NO5. The Balaban J connectivity index is 3.55. The summed E-state index contributed by atoms with van der Waals surface area (Å²) in [4.78, 5) is 12.7. The predicted octanol–water partition coefficient (Wildman–Crippen LogP) is 24.2. The molecule has 0 aromatic carbocycles. The summed E-state index contributed by atoms with van der Waals surface area (Å²) in [6.07, 6.45) is 94.6. The highest BCUT2D eigenvalue weighted by atomic mass is 16.3. The molecule has 0 heterocycles. The van der Waals surface area contributed by atoms with Crippen LogP contribution in [0.15, 0.2) is 36.5 Å². The van der Waals surface area contributed by atoms with Gasteiger partial charge in [0.1, 0.15) is 12.2 Å². The van der Waals surface area contributed by atoms with Gasteiger partial charge in [0.2, 0.25) is 5.91 Å². The van der Waals surface area contributed by atoms with E-state index in [0.29, 0.717) is 19.3 Å². The number of rotatable bonds is 72. The number of carbonyl (C=O) groups excluding carboxylic acids is 1. The summed E-state index contributed by atoms with van der Waals surface area (Å²) in [7, 11) is 0. The van der Waals surface area contributed by atoms with E-state index in [4.69, 9.17) is 0 Å². The van der Waals surface area contributed by atoms with Gasteiger partial charge in [-0.1, -0.05) is 384 Å². The zero-order chi connectivity index (χ0) is 60.8. The van der Waals surface area contributed by atoms with E-state index >= 15 is 0 Å². The van der Waals surface area contributed by atoms with Gasteiger partial charge in [-0.15, -0.1) is 0 Å². The molecule has 84 heavy (non-hydrogen) atoms. The second kappa shape index (κ2) is 72.3. The summed E-state index contributed by atoms with van der Waals surface area (Å²) in [6, 6.07) is -1.01. The summed E-state index contributed by atoms with van der Waals surface area (Å²) in [5.41, 5.74) is 0. The van der Waals surface area contributed by atoms with Crippen LogP contribution in [-0.4, -0.2) is 57.3 Å². The van der Waals surface area contributed by atoms with Crippen LogP contribution >= 0.6 is 0 Å². The van der Waals surface area contributed by atoms with E-state index in [1.165, 1.54) is 353 Å². The molecule has 6 heteroatoms. The highest BCUT2D eigenvalue weighted by Crippen LogP contribution is 2.20. The molecule has 0 bridgehead atoms. The third kappa shape index (κ3) is 65.0. The van der Waals surface area contributed by atoms with Crippen molar-refractivity contribution in [2.24, 2.45) is 0 Å². The van der Waals surface area contributed by atoms with Gasteiger partial charge in [0, 0.05) is 0 Å². The minimum Gasteiger partial charge on any atom is -0.394 e. The average Bonchev–Trinajstić information content (AvgIpc) is 3.51. The largest absolute Gasteiger partial charge is 0.394 e. The Morgan fingerprint density at radius 2 is 0.500 bits per heavy atom. The molecule has 0 radical (unpaired) electrons. The van der Waals surface area contributed by atoms with E-state index in [1.54, 1.807) is 0 Å². The van der Waals surface area contributed by atoms with Crippen molar-refractivity contribution >= 4 is 5.91 Å². The van der Waals surface area contributed by atoms with Crippen molar-refractivity contribution in [1.29, 1.82) is 0 Å². The highest BCUT2D eigenvalue weighted by molar-refractivity contribution is 5.80. The van der Waals surface area contributed by atoms with Crippen LogP contribution in [0.2, 0.25) is 0 Å². The van der Waals surface area contributed by atoms with E-state index in [9.17, 15) is 25.2 Å². The molecule has 0 saturated heterocycles. The predicted molar refractivity (Wildman–Crippen MR) is 371 cm³/mol. The topological polar surface area (TPSA) is 110 Å². The number of hydrogen-bond donors (Lipinski definition) is 5. The first kappa shape index (κ1) is 82.5. The third-order valence-corrected chi connectivity index (χ3v) is 18.3. The van der Waals surface area contributed by atoms with Crippen LogP contribution in [0.4, 0.5) is 0 Å². The lowest BCUT2D eigenvalue weighted by atomic mass is 10.00. The van der Waals surface area contributed by atoms with Crippen LogP contribution in [0.3, 0.4) is 0 Å². The van der Waals surface area contributed by atoms with Gasteiger partial charge in [0.25, 0.3) is 0 Å². The number of amides is 1. The Kier molecular flexibility index (Phi) is 71.0. The first-order valence-electron chi connectivity index (χ1n) is 38.4. The fourth-order valence-electron chi connectivity index (χ4n) is 12.4. The lowest BCUT2D eigenvalue weighted by Crippen LogP contribution is -2.53. The van der Waals surface area contributed by atoms with E-state index < -0.39 is 36.9 Å². The van der Waals surface area contributed by atoms with Crippen molar-refractivity contribution in [3.63, 3.8) is 0 Å². The molecule has 0 aliphatic heterocycles. The summed E-state index contributed by atoms with van der Waals surface area (Å²) < 4.78 is 0. The Morgan fingerprint density at radius 1 is 0.286 bits per heavy atom. The fourth-order valence-corrected chi connectivity index (χ4v) is 12.4. The Bertz CT molecular complexity index is 1330. The zero-order valence-corrected chi connectivity index (χ0v) is 56.9. The standard InChI is InChI=1S/C78H151NO5/c1-3-5-7-9-11-13-15-17-19-21-23-25-27-29-31-33-35-37-38-39-40-42-44-46-48-50-52-54-56-58-60-62-64-66-68-70-72-76(82)78(84)79-74(73-80)77(83)75(81)71-69-67-65-63-61-59-57-55-53-51-49-47-45-43-41-36-34-32-30-28-26-24-22-20-18-16-14-12-10-8-6-4-2/h37-38,55,57,63,65,74-77,80-83H,3-36,39-54,56,58-62,64,66-73H2,1-2H3,(H,79,84)/b38-37-,57-55+,65-63+. The molecule has 0 rings (SSSR count). The molecule has 0 aliphatic rings. The number of aliphatic hydroxyl groups excluding tert-OH is 4. The second-order valence-electron chi connectivity index (χ2n) is 26.7. The smallest absolute Gasteiger partial charge is 0.249 e. The molecule has 4 atom stereocenters. The van der Waals surface area contributed by atoms with Gasteiger partial charge in [0.05, 0.1) is 18.8 Å². The lowest BCUT2D eigenvalue weighted by Gasteiger charge is -2.27. The third-order valence-electron chi connectivity index (χ3n) is 18.3. The van der Waals surface area contributed by atoms with Crippen molar-refractivity contribution in [2.75, 3.05) is 6.61 Å². The molecule has 498 valence electrons. The van der Waals surface area contributed by atoms with Gasteiger partial charge in [0.15, 0.2) is 0 Å². The minimum atomic E-state index is -1.29. The molecule has 0 fully saturated rings. The van der Waals surface area contributed by atoms with Crippen molar-refractivity contribution in [1.82, 2.24) is 5.32 Å². The van der Waals surface area contributed by atoms with E-state index in [-0.39, 0.29) is 0 Å². The fraction of sp³-hybridized carbons (Fsp3) is 0.910. The van der Waals surface area contributed by atoms with Crippen molar-refractivity contribution < 1.29 is 25.2 Å². The maximum atomic E-state index is 12.7. The normalized spacial score (nSPS) is 13.5. The van der Waals surface area contributed by atoms with Gasteiger partial charge >= 0.3 is 0 Å². The van der Waals surface area contributed by atoms with Crippen molar-refractivity contribution in [3.8, 4) is 0 Å². The Hall–Kier alpha value is -1.47. The van der Waals surface area contributed by atoms with Crippen molar-refractivity contribution in [3.05, 3.63) is 36.5 Å². The molecule has 0 aromatic rings. The number of hydrogen-bond acceptors (Lipinski definition) is 5. The summed E-state index contributed by atoms with van der Waals surface area (Å²) in [5, 5.41) is 44.3. The van der Waals surface area contributed by atoms with Crippen LogP contribution in [-0.2, 0) is 4.79 Å². The maximum Gasteiger partial charge on any atom is 0.249 e. The summed E-state index contributed by atoms with van der Waals surface area (Å²) >= 11 is 0. The molecular weight excluding hydrogens is 1030 g/mol. The summed E-state index contributed by atoms with van der Waals surface area (Å²) in [5.74, 6) is -0.590. The lowest BCUT2D eigenvalue weighted by molar-refractivity contribution is -0.132. The molecule has 0 aromatic heterocycles. The van der Waals surface area contributed by atoms with Crippen LogP contribution in [0.5, 0.6) is 0 Å². The number of nitrogens with one attached hydrogen (secondary N) is 1. The van der Waals surface area contributed by atoms with Gasteiger partial charge in [-0.05, 0) is 77.0 Å². The number of allylic oxidation sites excluding steroid dienone is 6.